The molecule has 0 bridgehead atoms. The minimum atomic E-state index is 0.335. The zero-order valence-corrected chi connectivity index (χ0v) is 13.1. The normalized spacial score (nSPS) is 17.3. The summed E-state index contributed by atoms with van der Waals surface area (Å²) in [6, 6.07) is 8.36. The number of pyridine rings is 1. The van der Waals surface area contributed by atoms with Crippen LogP contribution < -0.4 is 5.32 Å². The molecule has 1 N–H and O–H groups in total. The third-order valence-electron chi connectivity index (χ3n) is 3.27. The molecule has 2 aromatic rings. The van der Waals surface area contributed by atoms with Crippen LogP contribution in [0.1, 0.15) is 11.1 Å². The van der Waals surface area contributed by atoms with Crippen LogP contribution in [0.4, 0.5) is 5.69 Å². The van der Waals surface area contributed by atoms with Gasteiger partial charge in [0.15, 0.2) is 5.15 Å². The number of fused-ring (bicyclic) bond motifs is 1. The van der Waals surface area contributed by atoms with E-state index in [-0.39, 0.29) is 0 Å². The van der Waals surface area contributed by atoms with E-state index < -0.39 is 0 Å². The van der Waals surface area contributed by atoms with Crippen molar-refractivity contribution in [3.05, 3.63) is 56.2 Å². The monoisotopic (exact) mass is 356 g/mol. The Morgan fingerprint density at radius 2 is 1.95 bits per heavy atom. The Balaban J connectivity index is 1.78. The number of nitrogens with one attached hydrogen (secondary N) is 1. The molecule has 0 radical (unpaired) electrons. The zero-order valence-electron chi connectivity index (χ0n) is 9.96. The van der Waals surface area contributed by atoms with Gasteiger partial charge >= 0.3 is 0 Å². The second-order valence-corrected chi connectivity index (χ2v) is 6.36. The molecular formula is C14H11BrCl2N2. The van der Waals surface area contributed by atoms with E-state index in [0.29, 0.717) is 11.2 Å². The Morgan fingerprint density at radius 3 is 2.79 bits per heavy atom. The van der Waals surface area contributed by atoms with Gasteiger partial charge < -0.3 is 5.32 Å². The number of rotatable bonds is 2. The summed E-state index contributed by atoms with van der Waals surface area (Å²) in [7, 11) is 0. The largest absolute Gasteiger partial charge is 0.379 e. The molecule has 0 fully saturated rings. The third-order valence-corrected chi connectivity index (χ3v) is 4.24. The molecule has 0 aliphatic heterocycles. The molecule has 19 heavy (non-hydrogen) atoms. The van der Waals surface area contributed by atoms with Crippen LogP contribution in [0.5, 0.6) is 0 Å². The van der Waals surface area contributed by atoms with Gasteiger partial charge in [-0.25, -0.2) is 4.98 Å². The first kappa shape index (κ1) is 13.2. The molecule has 98 valence electrons. The molecule has 3 rings (SSSR count). The summed E-state index contributed by atoms with van der Waals surface area (Å²) in [6.45, 7) is 0. The Labute approximate surface area is 130 Å². The maximum atomic E-state index is 6.10. The first-order chi connectivity index (χ1) is 9.11. The average molecular weight is 358 g/mol. The highest BCUT2D eigenvalue weighted by Crippen LogP contribution is 2.30. The maximum Gasteiger partial charge on any atom is 0.152 e. The van der Waals surface area contributed by atoms with Crippen molar-refractivity contribution in [3.8, 4) is 0 Å². The lowest BCUT2D eigenvalue weighted by Gasteiger charge is -2.14. The van der Waals surface area contributed by atoms with E-state index in [9.17, 15) is 0 Å². The number of halogens is 3. The van der Waals surface area contributed by atoms with E-state index in [1.165, 1.54) is 11.1 Å². The van der Waals surface area contributed by atoms with Gasteiger partial charge in [0.05, 0.1) is 5.69 Å². The molecule has 1 aromatic carbocycles. The number of aromatic nitrogens is 1. The zero-order chi connectivity index (χ0) is 13.4. The molecule has 1 aromatic heterocycles. The predicted molar refractivity (Wildman–Crippen MR) is 83.2 cm³/mol. The van der Waals surface area contributed by atoms with E-state index in [0.717, 1.165) is 28.0 Å². The van der Waals surface area contributed by atoms with Crippen LogP contribution in [0.25, 0.3) is 0 Å². The van der Waals surface area contributed by atoms with Crippen LogP contribution in [0.2, 0.25) is 10.2 Å². The fourth-order valence-electron chi connectivity index (χ4n) is 2.43. The fourth-order valence-corrected chi connectivity index (χ4v) is 3.12. The summed E-state index contributed by atoms with van der Waals surface area (Å²) in [4.78, 5) is 4.12. The molecule has 1 atom stereocenters. The minimum Gasteiger partial charge on any atom is -0.379 e. The number of nitrogens with zero attached hydrogens (tertiary/aromatic N) is 1. The van der Waals surface area contributed by atoms with Crippen molar-refractivity contribution in [2.75, 3.05) is 5.32 Å². The number of hydrogen-bond acceptors (Lipinski definition) is 2. The van der Waals surface area contributed by atoms with Gasteiger partial charge in [0, 0.05) is 21.7 Å². The van der Waals surface area contributed by atoms with Crippen LogP contribution in [0.15, 0.2) is 34.9 Å². The molecule has 1 aliphatic carbocycles. The van der Waals surface area contributed by atoms with Gasteiger partial charge in [-0.1, -0.05) is 29.3 Å². The van der Waals surface area contributed by atoms with E-state index in [1.807, 2.05) is 18.2 Å². The molecule has 0 spiro atoms. The van der Waals surface area contributed by atoms with Crippen molar-refractivity contribution < 1.29 is 0 Å². The number of hydrogen-bond donors (Lipinski definition) is 1. The molecule has 1 unspecified atom stereocenters. The molecule has 5 heteroatoms. The summed E-state index contributed by atoms with van der Waals surface area (Å²) in [5.41, 5.74) is 3.52. The Hall–Kier alpha value is -0.770. The highest BCUT2D eigenvalue weighted by atomic mass is 79.9. The van der Waals surface area contributed by atoms with Gasteiger partial charge in [-0.2, -0.15) is 0 Å². The topological polar surface area (TPSA) is 24.9 Å². The summed E-state index contributed by atoms with van der Waals surface area (Å²) in [6.07, 6.45) is 3.63. The predicted octanol–water partition coefficient (Wildman–Crippen LogP) is 4.73. The SMILES string of the molecule is Clc1ccc2c(c1)CC(Nc1cc(Br)cnc1Cl)C2. The van der Waals surface area contributed by atoms with E-state index in [1.54, 1.807) is 6.20 Å². The summed E-state index contributed by atoms with van der Waals surface area (Å²) in [5.74, 6) is 0. The Kier molecular flexibility index (Phi) is 3.70. The molecule has 0 saturated carbocycles. The van der Waals surface area contributed by atoms with Crippen molar-refractivity contribution in [1.82, 2.24) is 4.98 Å². The van der Waals surface area contributed by atoms with Gasteiger partial charge in [-0.05, 0) is 58.1 Å². The third kappa shape index (κ3) is 2.88. The number of anilines is 1. The Bertz CT molecular complexity index is 631. The quantitative estimate of drug-likeness (QED) is 0.786. The van der Waals surface area contributed by atoms with E-state index in [2.05, 4.69) is 32.3 Å². The van der Waals surface area contributed by atoms with Gasteiger partial charge in [-0.3, -0.25) is 0 Å². The lowest BCUT2D eigenvalue weighted by Crippen LogP contribution is -2.19. The average Bonchev–Trinajstić information content (AvgIpc) is 2.75. The van der Waals surface area contributed by atoms with E-state index in [4.69, 9.17) is 23.2 Å². The van der Waals surface area contributed by atoms with Gasteiger partial charge in [-0.15, -0.1) is 0 Å². The smallest absolute Gasteiger partial charge is 0.152 e. The molecule has 0 saturated heterocycles. The standard InChI is InChI=1S/C14H11BrCl2N2/c15-10-6-13(14(17)18-7-10)19-12-4-8-1-2-11(16)3-9(8)5-12/h1-3,6-7,12,19H,4-5H2. The van der Waals surface area contributed by atoms with Gasteiger partial charge in [0.25, 0.3) is 0 Å². The lowest BCUT2D eigenvalue weighted by atomic mass is 10.1. The molecule has 1 aliphatic rings. The van der Waals surface area contributed by atoms with Crippen LogP contribution in [-0.4, -0.2) is 11.0 Å². The van der Waals surface area contributed by atoms with Gasteiger partial charge in [0.1, 0.15) is 0 Å². The van der Waals surface area contributed by atoms with Crippen molar-refractivity contribution >= 4 is 44.8 Å². The van der Waals surface area contributed by atoms with E-state index >= 15 is 0 Å². The van der Waals surface area contributed by atoms with Crippen molar-refractivity contribution in [3.63, 3.8) is 0 Å². The fraction of sp³-hybridized carbons (Fsp3) is 0.214. The summed E-state index contributed by atoms with van der Waals surface area (Å²) < 4.78 is 0.915. The van der Waals surface area contributed by atoms with Crippen LogP contribution in [0.3, 0.4) is 0 Å². The van der Waals surface area contributed by atoms with Crippen molar-refractivity contribution in [2.24, 2.45) is 0 Å². The second-order valence-electron chi connectivity index (χ2n) is 4.65. The second kappa shape index (κ2) is 5.31. The first-order valence-corrected chi connectivity index (χ1v) is 7.51. The maximum absolute atomic E-state index is 6.10. The Morgan fingerprint density at radius 1 is 1.16 bits per heavy atom. The summed E-state index contributed by atoms with van der Waals surface area (Å²) in [5, 5.41) is 4.74. The van der Waals surface area contributed by atoms with Gasteiger partial charge in [0.2, 0.25) is 0 Å². The lowest BCUT2D eigenvalue weighted by molar-refractivity contribution is 0.773. The molecule has 0 amide bonds. The molecule has 2 nitrogen and oxygen atoms in total. The first-order valence-electron chi connectivity index (χ1n) is 5.97. The minimum absolute atomic E-state index is 0.335. The molecule has 1 heterocycles. The van der Waals surface area contributed by atoms with Crippen molar-refractivity contribution in [1.29, 1.82) is 0 Å². The summed E-state index contributed by atoms with van der Waals surface area (Å²) >= 11 is 15.5. The van der Waals surface area contributed by atoms with Crippen molar-refractivity contribution in [2.45, 2.75) is 18.9 Å². The van der Waals surface area contributed by atoms with Crippen LogP contribution in [-0.2, 0) is 12.8 Å². The van der Waals surface area contributed by atoms with Crippen LogP contribution >= 0.6 is 39.1 Å². The van der Waals surface area contributed by atoms with Crippen LogP contribution in [0, 0.1) is 0 Å². The highest BCUT2D eigenvalue weighted by Gasteiger charge is 2.22. The number of benzene rings is 1. The molecular weight excluding hydrogens is 347 g/mol. The highest BCUT2D eigenvalue weighted by molar-refractivity contribution is 9.10.